The number of unbranched alkanes of at least 4 members (excludes halogenated alkanes) is 18. The Morgan fingerprint density at radius 2 is 0.550 bits per heavy atom. The van der Waals surface area contributed by atoms with Gasteiger partial charge in [-0.05, 0) is 124 Å². The second-order valence-electron chi connectivity index (χ2n) is 18.3. The molecule has 0 unspecified atom stereocenters. The molecule has 2 heterocycles. The van der Waals surface area contributed by atoms with Crippen molar-refractivity contribution in [1.29, 1.82) is 0 Å². The summed E-state index contributed by atoms with van der Waals surface area (Å²) in [5.41, 5.74) is 2.27. The second-order valence-corrected chi connectivity index (χ2v) is 18.3. The van der Waals surface area contributed by atoms with E-state index in [0.717, 1.165) is 70.8 Å². The van der Waals surface area contributed by atoms with Gasteiger partial charge in [-0.3, -0.25) is 29.0 Å². The van der Waals surface area contributed by atoms with Crippen molar-refractivity contribution in [2.75, 3.05) is 54.4 Å². The lowest BCUT2D eigenvalue weighted by Gasteiger charge is -2.30. The molecule has 0 spiro atoms. The Hall–Kier alpha value is -4.40. The van der Waals surface area contributed by atoms with Gasteiger partial charge in [0, 0.05) is 46.1 Å². The van der Waals surface area contributed by atoms with Crippen LogP contribution in [0.4, 0.5) is 0 Å². The number of carbonyl (C=O) groups excluding carboxylic acids is 4. The maximum absolute atomic E-state index is 14.0. The molecular formula is C52H68N4O4. The molecule has 320 valence electrons. The molecule has 0 bridgehead atoms. The monoisotopic (exact) mass is 813 g/mol. The topological polar surface area (TPSA) is 81.2 Å². The molecule has 7 rings (SSSR count). The Morgan fingerprint density at radius 1 is 0.317 bits per heavy atom. The van der Waals surface area contributed by atoms with E-state index in [1.165, 1.54) is 113 Å². The van der Waals surface area contributed by atoms with Crippen LogP contribution in [0.25, 0.3) is 43.1 Å². The molecule has 0 aromatic heterocycles. The molecular weight excluding hydrogens is 745 g/mol. The van der Waals surface area contributed by atoms with Crippen LogP contribution < -0.4 is 0 Å². The number of benzene rings is 5. The Kier molecular flexibility index (Phi) is 14.9. The second kappa shape index (κ2) is 20.4. The van der Waals surface area contributed by atoms with Gasteiger partial charge in [-0.2, -0.15) is 0 Å². The molecule has 0 N–H and O–H groups in total. The highest BCUT2D eigenvalue weighted by Crippen LogP contribution is 2.46. The first kappa shape index (κ1) is 43.7. The van der Waals surface area contributed by atoms with Crippen LogP contribution in [0.5, 0.6) is 0 Å². The van der Waals surface area contributed by atoms with Crippen LogP contribution in [-0.2, 0) is 0 Å². The van der Waals surface area contributed by atoms with Crippen molar-refractivity contribution in [1.82, 2.24) is 19.6 Å². The van der Waals surface area contributed by atoms with Crippen molar-refractivity contribution in [3.8, 4) is 0 Å². The van der Waals surface area contributed by atoms with Gasteiger partial charge in [-0.15, -0.1) is 0 Å². The first-order valence-corrected chi connectivity index (χ1v) is 23.4. The van der Waals surface area contributed by atoms with E-state index in [1.54, 1.807) is 0 Å². The summed E-state index contributed by atoms with van der Waals surface area (Å²) in [6.45, 7) is 3.20. The van der Waals surface area contributed by atoms with E-state index in [0.29, 0.717) is 46.1 Å². The van der Waals surface area contributed by atoms with Crippen molar-refractivity contribution in [3.05, 3.63) is 70.8 Å². The van der Waals surface area contributed by atoms with Gasteiger partial charge in [-0.1, -0.05) is 127 Å². The minimum atomic E-state index is -0.223. The Labute approximate surface area is 357 Å². The Morgan fingerprint density at radius 3 is 0.800 bits per heavy atom. The molecule has 4 amide bonds. The van der Waals surface area contributed by atoms with E-state index in [2.05, 4.69) is 38.0 Å². The molecule has 0 aliphatic carbocycles. The average molecular weight is 813 g/mol. The first-order valence-electron chi connectivity index (χ1n) is 23.4. The molecule has 5 aromatic rings. The number of rotatable bonds is 26. The quantitative estimate of drug-likeness (QED) is 0.0239. The lowest BCUT2D eigenvalue weighted by Crippen LogP contribution is -2.41. The van der Waals surface area contributed by atoms with Gasteiger partial charge >= 0.3 is 0 Å². The zero-order valence-electron chi connectivity index (χ0n) is 37.0. The van der Waals surface area contributed by atoms with Crippen molar-refractivity contribution in [3.63, 3.8) is 0 Å². The van der Waals surface area contributed by atoms with Crippen LogP contribution in [-0.4, -0.2) is 97.6 Å². The number of hydrogen-bond acceptors (Lipinski definition) is 6. The number of fused-ring (bicyclic) bond motifs is 2. The van der Waals surface area contributed by atoms with E-state index in [-0.39, 0.29) is 23.6 Å². The summed E-state index contributed by atoms with van der Waals surface area (Å²) in [4.78, 5) is 63.4. The predicted octanol–water partition coefficient (Wildman–Crippen LogP) is 11.9. The predicted molar refractivity (Wildman–Crippen MR) is 248 cm³/mol. The number of hydrogen-bond donors (Lipinski definition) is 0. The molecule has 0 saturated heterocycles. The standard InChI is InChI=1S/C52H68N4O4/c1-53(2)33-21-17-13-9-5-7-11-15-19-23-35-55-49(57)41-29-25-37-39-27-31-43-48-44(32-28-40(46(39)48)38-26-30-42(50(55)58)47(41)45(37)38)52(60)56(51(43)59)36-24-20-16-12-8-6-10-14-18-22-34-54(3)4/h25-32H,5-24,33-36H2,1-4H3. The van der Waals surface area contributed by atoms with E-state index in [9.17, 15) is 19.2 Å². The van der Waals surface area contributed by atoms with Gasteiger partial charge in [0.25, 0.3) is 23.6 Å². The van der Waals surface area contributed by atoms with Crippen LogP contribution in [0.2, 0.25) is 0 Å². The van der Waals surface area contributed by atoms with Gasteiger partial charge in [0.05, 0.1) is 0 Å². The van der Waals surface area contributed by atoms with Gasteiger partial charge in [0.15, 0.2) is 0 Å². The fourth-order valence-electron chi connectivity index (χ4n) is 10.00. The zero-order chi connectivity index (χ0) is 42.2. The lowest BCUT2D eigenvalue weighted by atomic mass is 9.82. The summed E-state index contributed by atoms with van der Waals surface area (Å²) in [5.74, 6) is -0.891. The highest BCUT2D eigenvalue weighted by molar-refractivity contribution is 6.41. The zero-order valence-corrected chi connectivity index (χ0v) is 37.0. The normalized spacial score (nSPS) is 14.3. The summed E-state index contributed by atoms with van der Waals surface area (Å²) in [5, 5.41) is 6.93. The van der Waals surface area contributed by atoms with Crippen LogP contribution in [0.3, 0.4) is 0 Å². The maximum atomic E-state index is 14.0. The minimum absolute atomic E-state index is 0.223. The van der Waals surface area contributed by atoms with Crippen molar-refractivity contribution < 1.29 is 19.2 Å². The number of nitrogens with zero attached hydrogens (tertiary/aromatic N) is 4. The Balaban J connectivity index is 0.978. The number of imide groups is 2. The summed E-state index contributed by atoms with van der Waals surface area (Å²) in [6.07, 6.45) is 23.7. The molecule has 60 heavy (non-hydrogen) atoms. The van der Waals surface area contributed by atoms with E-state index < -0.39 is 0 Å². The number of carbonyl (C=O) groups is 4. The lowest BCUT2D eigenvalue weighted by molar-refractivity contribution is 0.0592. The molecule has 0 saturated carbocycles. The van der Waals surface area contributed by atoms with Crippen LogP contribution in [0.15, 0.2) is 48.5 Å². The average Bonchev–Trinajstić information content (AvgIpc) is 3.23. The molecule has 8 nitrogen and oxygen atoms in total. The SMILES string of the molecule is CN(C)CCCCCCCCCCCCN1C(=O)c2ccc3c4ccc5c6c(ccc(c7ccc(c2c37)C1=O)c64)C(=O)N(CCCCCCCCCCCCN(C)C)C5=O. The summed E-state index contributed by atoms with van der Waals surface area (Å²) < 4.78 is 0. The van der Waals surface area contributed by atoms with E-state index in [1.807, 2.05) is 48.5 Å². The van der Waals surface area contributed by atoms with Gasteiger partial charge in [0.2, 0.25) is 0 Å². The molecule has 0 fully saturated rings. The molecule has 8 heteroatoms. The van der Waals surface area contributed by atoms with Gasteiger partial charge in [-0.25, -0.2) is 0 Å². The van der Waals surface area contributed by atoms with E-state index in [4.69, 9.17) is 0 Å². The third kappa shape index (κ3) is 9.40. The third-order valence-corrected chi connectivity index (χ3v) is 13.3. The molecule has 0 radical (unpaired) electrons. The minimum Gasteiger partial charge on any atom is -0.309 e. The third-order valence-electron chi connectivity index (χ3n) is 13.3. The summed E-state index contributed by atoms with van der Waals surface area (Å²) in [7, 11) is 8.53. The van der Waals surface area contributed by atoms with Crippen molar-refractivity contribution in [2.45, 2.75) is 128 Å². The highest BCUT2D eigenvalue weighted by atomic mass is 16.2. The van der Waals surface area contributed by atoms with E-state index >= 15 is 0 Å². The fourth-order valence-corrected chi connectivity index (χ4v) is 10.00. The summed E-state index contributed by atoms with van der Waals surface area (Å²) in [6, 6.07) is 15.5. The maximum Gasteiger partial charge on any atom is 0.261 e. The largest absolute Gasteiger partial charge is 0.309 e. The molecule has 0 atom stereocenters. The van der Waals surface area contributed by atoms with Crippen molar-refractivity contribution in [2.24, 2.45) is 0 Å². The first-order chi connectivity index (χ1) is 29.2. The van der Waals surface area contributed by atoms with Crippen LogP contribution in [0, 0.1) is 0 Å². The molecule has 2 aliphatic heterocycles. The van der Waals surface area contributed by atoms with Gasteiger partial charge in [0.1, 0.15) is 0 Å². The van der Waals surface area contributed by atoms with Gasteiger partial charge < -0.3 is 9.80 Å². The van der Waals surface area contributed by atoms with Crippen LogP contribution in [0.1, 0.15) is 170 Å². The fraction of sp³-hybridized carbons (Fsp3) is 0.538. The van der Waals surface area contributed by atoms with Crippen molar-refractivity contribution >= 4 is 66.7 Å². The smallest absolute Gasteiger partial charge is 0.261 e. The number of amides is 4. The highest BCUT2D eigenvalue weighted by Gasteiger charge is 2.36. The molecule has 5 aromatic carbocycles. The molecule has 2 aliphatic rings. The summed E-state index contributed by atoms with van der Waals surface area (Å²) >= 11 is 0. The Bertz CT molecular complexity index is 2030. The van der Waals surface area contributed by atoms with Crippen LogP contribution >= 0.6 is 0 Å².